The van der Waals surface area contributed by atoms with Crippen molar-refractivity contribution in [3.05, 3.63) is 59.4 Å². The lowest BCUT2D eigenvalue weighted by Gasteiger charge is -2.07. The van der Waals surface area contributed by atoms with Crippen LogP contribution in [-0.4, -0.2) is 22.7 Å². The van der Waals surface area contributed by atoms with E-state index in [4.69, 9.17) is 16.1 Å². The number of nitrogens with zero attached hydrogens (tertiary/aromatic N) is 2. The van der Waals surface area contributed by atoms with Gasteiger partial charge < -0.3 is 14.6 Å². The minimum atomic E-state index is -2.89. The van der Waals surface area contributed by atoms with E-state index in [1.54, 1.807) is 24.3 Å². The first-order valence-corrected chi connectivity index (χ1v) is 8.30. The molecule has 27 heavy (non-hydrogen) atoms. The number of ether oxygens (including phenoxy) is 1. The number of nitrogens with one attached hydrogen (secondary N) is 1. The van der Waals surface area contributed by atoms with Crippen molar-refractivity contribution in [2.45, 2.75) is 19.5 Å². The van der Waals surface area contributed by atoms with Gasteiger partial charge in [0.1, 0.15) is 5.75 Å². The molecule has 1 aromatic heterocycles. The Bertz CT molecular complexity index is 899. The third-order valence-corrected chi connectivity index (χ3v) is 3.75. The van der Waals surface area contributed by atoms with Gasteiger partial charge in [-0.2, -0.15) is 13.8 Å². The third-order valence-electron chi connectivity index (χ3n) is 3.50. The number of alkyl halides is 2. The molecule has 6 nitrogen and oxygen atoms in total. The first kappa shape index (κ1) is 18.8. The predicted octanol–water partition coefficient (Wildman–Crippen LogP) is 4.56. The maximum absolute atomic E-state index is 12.1. The Balaban J connectivity index is 1.51. The predicted molar refractivity (Wildman–Crippen MR) is 94.8 cm³/mol. The standard InChI is InChI=1S/C18H14ClF2N3O3/c19-12-3-1-11(2-4-12)17-23-16(27-24-17)10-9-15(25)22-13-5-7-14(8-6-13)26-18(20)21/h1-8,18H,9-10H2,(H,22,25). The zero-order valence-corrected chi connectivity index (χ0v) is 14.6. The lowest BCUT2D eigenvalue weighted by Crippen LogP contribution is -2.12. The number of carbonyl (C=O) groups excluding carboxylic acids is 1. The number of aryl methyl sites for hydroxylation is 1. The maximum atomic E-state index is 12.1. The third kappa shape index (κ3) is 5.49. The molecule has 0 radical (unpaired) electrons. The van der Waals surface area contributed by atoms with Crippen LogP contribution in [0, 0.1) is 0 Å². The van der Waals surface area contributed by atoms with Gasteiger partial charge in [-0.1, -0.05) is 16.8 Å². The number of halogens is 3. The molecule has 0 spiro atoms. The van der Waals surface area contributed by atoms with Crippen molar-refractivity contribution >= 4 is 23.2 Å². The normalized spacial score (nSPS) is 10.8. The Kier molecular flexibility index (Phi) is 5.97. The Morgan fingerprint density at radius 1 is 1.15 bits per heavy atom. The number of hydrogen-bond acceptors (Lipinski definition) is 5. The van der Waals surface area contributed by atoms with Gasteiger partial charge in [0.2, 0.25) is 17.6 Å². The second kappa shape index (κ2) is 8.59. The van der Waals surface area contributed by atoms with Crippen molar-refractivity contribution in [2.24, 2.45) is 0 Å². The molecule has 9 heteroatoms. The van der Waals surface area contributed by atoms with Crippen molar-refractivity contribution in [1.82, 2.24) is 10.1 Å². The molecular weight excluding hydrogens is 380 g/mol. The van der Waals surface area contributed by atoms with Crippen LogP contribution in [0.2, 0.25) is 5.02 Å². The minimum absolute atomic E-state index is 0.0172. The van der Waals surface area contributed by atoms with E-state index < -0.39 is 6.61 Å². The highest BCUT2D eigenvalue weighted by atomic mass is 35.5. The number of aromatic nitrogens is 2. The van der Waals surface area contributed by atoms with Crippen molar-refractivity contribution in [3.8, 4) is 17.1 Å². The van der Waals surface area contributed by atoms with E-state index in [1.165, 1.54) is 24.3 Å². The minimum Gasteiger partial charge on any atom is -0.435 e. The van der Waals surface area contributed by atoms with E-state index in [1.807, 2.05) is 0 Å². The zero-order chi connectivity index (χ0) is 19.2. The molecule has 0 aliphatic rings. The van der Waals surface area contributed by atoms with Gasteiger partial charge in [-0.3, -0.25) is 4.79 Å². The molecule has 0 bridgehead atoms. The monoisotopic (exact) mass is 393 g/mol. The number of anilines is 1. The lowest BCUT2D eigenvalue weighted by molar-refractivity contribution is -0.116. The molecule has 0 saturated heterocycles. The van der Waals surface area contributed by atoms with E-state index in [2.05, 4.69) is 20.2 Å². The summed E-state index contributed by atoms with van der Waals surface area (Å²) in [7, 11) is 0. The van der Waals surface area contributed by atoms with Crippen molar-refractivity contribution in [3.63, 3.8) is 0 Å². The summed E-state index contributed by atoms with van der Waals surface area (Å²) in [5.74, 6) is 0.486. The summed E-state index contributed by atoms with van der Waals surface area (Å²) in [6.07, 6.45) is 0.385. The van der Waals surface area contributed by atoms with Crippen LogP contribution in [0.4, 0.5) is 14.5 Å². The first-order chi connectivity index (χ1) is 13.0. The molecule has 0 aliphatic carbocycles. The van der Waals surface area contributed by atoms with Crippen molar-refractivity contribution in [1.29, 1.82) is 0 Å². The van der Waals surface area contributed by atoms with Crippen LogP contribution in [0.15, 0.2) is 53.1 Å². The van der Waals surface area contributed by atoms with Crippen LogP contribution in [0.5, 0.6) is 5.75 Å². The fraction of sp³-hybridized carbons (Fsp3) is 0.167. The smallest absolute Gasteiger partial charge is 0.387 e. The van der Waals surface area contributed by atoms with Gasteiger partial charge in [-0.15, -0.1) is 0 Å². The summed E-state index contributed by atoms with van der Waals surface area (Å²) in [4.78, 5) is 16.2. The van der Waals surface area contributed by atoms with Gasteiger partial charge in [0.25, 0.3) is 0 Å². The fourth-order valence-corrected chi connectivity index (χ4v) is 2.36. The molecule has 0 saturated carbocycles. The number of amides is 1. The van der Waals surface area contributed by atoms with Crippen LogP contribution in [0.3, 0.4) is 0 Å². The van der Waals surface area contributed by atoms with Crippen LogP contribution in [0.25, 0.3) is 11.4 Å². The highest BCUT2D eigenvalue weighted by molar-refractivity contribution is 6.30. The molecule has 1 heterocycles. The van der Waals surface area contributed by atoms with Crippen LogP contribution in [-0.2, 0) is 11.2 Å². The lowest BCUT2D eigenvalue weighted by atomic mass is 10.2. The number of benzene rings is 2. The van der Waals surface area contributed by atoms with Crippen LogP contribution in [0.1, 0.15) is 12.3 Å². The van der Waals surface area contributed by atoms with Gasteiger partial charge >= 0.3 is 6.61 Å². The SMILES string of the molecule is O=C(CCc1nc(-c2ccc(Cl)cc2)no1)Nc1ccc(OC(F)F)cc1. The van der Waals surface area contributed by atoms with Gasteiger partial charge in [-0.25, -0.2) is 0 Å². The molecule has 0 unspecified atom stereocenters. The van der Waals surface area contributed by atoms with Crippen LogP contribution >= 0.6 is 11.6 Å². The van der Waals surface area contributed by atoms with Gasteiger partial charge in [0.15, 0.2) is 0 Å². The molecule has 1 N–H and O–H groups in total. The average molecular weight is 394 g/mol. The molecule has 3 aromatic rings. The topological polar surface area (TPSA) is 77.2 Å². The van der Waals surface area contributed by atoms with E-state index in [9.17, 15) is 13.6 Å². The molecule has 0 atom stereocenters. The summed E-state index contributed by atoms with van der Waals surface area (Å²) < 4.78 is 33.6. The van der Waals surface area contributed by atoms with E-state index in [-0.39, 0.29) is 24.5 Å². The Hall–Kier alpha value is -3.00. The molecule has 3 rings (SSSR count). The van der Waals surface area contributed by atoms with Crippen molar-refractivity contribution in [2.75, 3.05) is 5.32 Å². The molecule has 2 aromatic carbocycles. The second-order valence-electron chi connectivity index (χ2n) is 5.47. The molecule has 0 fully saturated rings. The molecule has 140 valence electrons. The van der Waals surface area contributed by atoms with Gasteiger partial charge in [0.05, 0.1) is 0 Å². The number of rotatable bonds is 7. The van der Waals surface area contributed by atoms with Gasteiger partial charge in [0, 0.05) is 29.1 Å². The summed E-state index contributed by atoms with van der Waals surface area (Å²) >= 11 is 5.84. The molecule has 1 amide bonds. The van der Waals surface area contributed by atoms with E-state index >= 15 is 0 Å². The number of hydrogen-bond donors (Lipinski definition) is 1. The van der Waals surface area contributed by atoms with E-state index in [0.29, 0.717) is 22.4 Å². The zero-order valence-electron chi connectivity index (χ0n) is 13.9. The van der Waals surface area contributed by atoms with E-state index in [0.717, 1.165) is 5.56 Å². The second-order valence-corrected chi connectivity index (χ2v) is 5.91. The number of carbonyl (C=O) groups is 1. The highest BCUT2D eigenvalue weighted by Crippen LogP contribution is 2.20. The summed E-state index contributed by atoms with van der Waals surface area (Å²) in [6.45, 7) is -2.89. The Morgan fingerprint density at radius 2 is 1.85 bits per heavy atom. The van der Waals surface area contributed by atoms with Gasteiger partial charge in [-0.05, 0) is 48.5 Å². The maximum Gasteiger partial charge on any atom is 0.387 e. The summed E-state index contributed by atoms with van der Waals surface area (Å²) in [5, 5.41) is 7.13. The quantitative estimate of drug-likeness (QED) is 0.636. The fourth-order valence-electron chi connectivity index (χ4n) is 2.24. The summed E-state index contributed by atoms with van der Waals surface area (Å²) in [5.41, 5.74) is 1.22. The Labute approximate surface area is 158 Å². The molecular formula is C18H14ClF2N3O3. The van der Waals surface area contributed by atoms with Crippen molar-refractivity contribution < 1.29 is 22.8 Å². The molecule has 0 aliphatic heterocycles. The Morgan fingerprint density at radius 3 is 2.52 bits per heavy atom. The average Bonchev–Trinajstić information content (AvgIpc) is 3.11. The highest BCUT2D eigenvalue weighted by Gasteiger charge is 2.11. The largest absolute Gasteiger partial charge is 0.435 e. The van der Waals surface area contributed by atoms with Crippen LogP contribution < -0.4 is 10.1 Å². The first-order valence-electron chi connectivity index (χ1n) is 7.93. The summed E-state index contributed by atoms with van der Waals surface area (Å²) in [6, 6.07) is 12.6.